The van der Waals surface area contributed by atoms with Crippen molar-refractivity contribution in [1.82, 2.24) is 9.97 Å². The topological polar surface area (TPSA) is 37.8 Å². The lowest BCUT2D eigenvalue weighted by Crippen LogP contribution is -1.88. The highest BCUT2D eigenvalue weighted by Crippen LogP contribution is 2.16. The number of hydrogen-bond donors (Lipinski definition) is 1. The third kappa shape index (κ3) is 1.60. The molecule has 0 fully saturated rings. The quantitative estimate of drug-likeness (QED) is 0.764. The highest BCUT2D eigenvalue weighted by atomic mass is 32.1. The third-order valence-corrected chi connectivity index (χ3v) is 2.03. The number of rotatable bonds is 2. The molecule has 0 aliphatic carbocycles. The van der Waals surface area contributed by atoms with Gasteiger partial charge in [-0.15, -0.1) is 11.3 Å². The Bertz CT molecular complexity index is 330. The summed E-state index contributed by atoms with van der Waals surface area (Å²) < 4.78 is 0. The Morgan fingerprint density at radius 1 is 1.33 bits per heavy atom. The van der Waals surface area contributed by atoms with Crippen LogP contribution in [-0.4, -0.2) is 9.97 Å². The monoisotopic (exact) mass is 177 g/mol. The molecule has 2 rings (SSSR count). The lowest BCUT2D eigenvalue weighted by molar-refractivity contribution is 1.31. The van der Waals surface area contributed by atoms with E-state index in [9.17, 15) is 0 Å². The minimum absolute atomic E-state index is 0.892. The minimum atomic E-state index is 0.892. The summed E-state index contributed by atoms with van der Waals surface area (Å²) in [7, 11) is 0. The summed E-state index contributed by atoms with van der Waals surface area (Å²) in [5.74, 6) is 0. The average molecular weight is 177 g/mol. The molecule has 2 heterocycles. The lowest BCUT2D eigenvalue weighted by atomic mass is 10.4. The van der Waals surface area contributed by atoms with Crippen LogP contribution in [0.25, 0.3) is 0 Å². The highest BCUT2D eigenvalue weighted by Gasteiger charge is 1.93. The van der Waals surface area contributed by atoms with Gasteiger partial charge in [-0.1, -0.05) is 0 Å². The zero-order chi connectivity index (χ0) is 8.23. The van der Waals surface area contributed by atoms with E-state index >= 15 is 0 Å². The van der Waals surface area contributed by atoms with E-state index in [0.717, 1.165) is 10.8 Å². The normalized spacial score (nSPS) is 9.67. The molecule has 0 saturated heterocycles. The maximum Gasteiger partial charge on any atom is 0.187 e. The van der Waals surface area contributed by atoms with Crippen molar-refractivity contribution in [2.45, 2.75) is 0 Å². The van der Waals surface area contributed by atoms with Crippen LogP contribution in [0.1, 0.15) is 0 Å². The van der Waals surface area contributed by atoms with Crippen molar-refractivity contribution in [2.75, 3.05) is 5.32 Å². The lowest BCUT2D eigenvalue weighted by Gasteiger charge is -1.98. The van der Waals surface area contributed by atoms with Crippen LogP contribution in [0.4, 0.5) is 10.8 Å². The second-order valence-corrected chi connectivity index (χ2v) is 3.10. The van der Waals surface area contributed by atoms with Crippen LogP contribution < -0.4 is 5.32 Å². The fourth-order valence-electron chi connectivity index (χ4n) is 0.845. The molecule has 2 aromatic rings. The van der Waals surface area contributed by atoms with Gasteiger partial charge in [-0.25, -0.2) is 4.98 Å². The van der Waals surface area contributed by atoms with E-state index in [1.165, 1.54) is 0 Å². The Hall–Kier alpha value is -1.42. The minimum Gasteiger partial charge on any atom is -0.330 e. The molecule has 3 nitrogen and oxygen atoms in total. The summed E-state index contributed by atoms with van der Waals surface area (Å²) in [6, 6.07) is 3.84. The van der Waals surface area contributed by atoms with E-state index in [2.05, 4.69) is 15.3 Å². The zero-order valence-electron chi connectivity index (χ0n) is 6.27. The molecule has 0 bridgehead atoms. The van der Waals surface area contributed by atoms with E-state index in [1.807, 2.05) is 17.5 Å². The van der Waals surface area contributed by atoms with Gasteiger partial charge in [0.25, 0.3) is 0 Å². The summed E-state index contributed by atoms with van der Waals surface area (Å²) >= 11 is 1.57. The zero-order valence-corrected chi connectivity index (χ0v) is 7.08. The molecule has 0 spiro atoms. The average Bonchev–Trinajstić information content (AvgIpc) is 2.59. The third-order valence-electron chi connectivity index (χ3n) is 1.35. The first-order chi connectivity index (χ1) is 5.95. The standard InChI is InChI=1S/C8H7N3S/c1-2-7(6-9-3-1)11-8-10-4-5-12-8/h1-6H,(H,10,11). The molecule has 2 aromatic heterocycles. The molecule has 0 aliphatic heterocycles. The molecule has 0 radical (unpaired) electrons. The Balaban J connectivity index is 2.15. The molecule has 0 unspecified atom stereocenters. The first-order valence-corrected chi connectivity index (χ1v) is 4.40. The fourth-order valence-corrected chi connectivity index (χ4v) is 1.39. The summed E-state index contributed by atoms with van der Waals surface area (Å²) in [5, 5.41) is 5.95. The second-order valence-electron chi connectivity index (χ2n) is 2.20. The van der Waals surface area contributed by atoms with Gasteiger partial charge in [0.05, 0.1) is 11.9 Å². The number of nitrogens with zero attached hydrogens (tertiary/aromatic N) is 2. The Kier molecular flexibility index (Phi) is 2.00. The van der Waals surface area contributed by atoms with Crippen molar-refractivity contribution in [1.29, 1.82) is 0 Å². The molecule has 12 heavy (non-hydrogen) atoms. The van der Waals surface area contributed by atoms with Crippen LogP contribution >= 0.6 is 11.3 Å². The molecule has 0 atom stereocenters. The van der Waals surface area contributed by atoms with E-state index < -0.39 is 0 Å². The van der Waals surface area contributed by atoms with Gasteiger partial charge in [-0.2, -0.15) is 0 Å². The molecule has 0 amide bonds. The van der Waals surface area contributed by atoms with Crippen LogP contribution in [0, 0.1) is 0 Å². The van der Waals surface area contributed by atoms with Gasteiger partial charge in [0.2, 0.25) is 0 Å². The molecule has 0 aromatic carbocycles. The first kappa shape index (κ1) is 7.24. The van der Waals surface area contributed by atoms with Gasteiger partial charge < -0.3 is 5.32 Å². The summed E-state index contributed by atoms with van der Waals surface area (Å²) in [6.07, 6.45) is 5.28. The number of anilines is 2. The van der Waals surface area contributed by atoms with Crippen molar-refractivity contribution < 1.29 is 0 Å². The Labute approximate surface area is 74.1 Å². The van der Waals surface area contributed by atoms with Crippen molar-refractivity contribution in [3.05, 3.63) is 36.1 Å². The highest BCUT2D eigenvalue weighted by molar-refractivity contribution is 7.13. The van der Waals surface area contributed by atoms with Crippen molar-refractivity contribution >= 4 is 22.2 Å². The van der Waals surface area contributed by atoms with E-state index in [0.29, 0.717) is 0 Å². The Morgan fingerprint density at radius 2 is 2.33 bits per heavy atom. The van der Waals surface area contributed by atoms with Crippen LogP contribution in [0.5, 0.6) is 0 Å². The second kappa shape index (κ2) is 3.32. The molecule has 4 heteroatoms. The summed E-state index contributed by atoms with van der Waals surface area (Å²) in [4.78, 5) is 8.07. The van der Waals surface area contributed by atoms with Gasteiger partial charge >= 0.3 is 0 Å². The smallest absolute Gasteiger partial charge is 0.187 e. The van der Waals surface area contributed by atoms with E-state index in [1.54, 1.807) is 29.9 Å². The van der Waals surface area contributed by atoms with Crippen LogP contribution in [-0.2, 0) is 0 Å². The molecule has 0 aliphatic rings. The SMILES string of the molecule is c1cncc(Nc2nccs2)c1. The molecule has 60 valence electrons. The predicted octanol–water partition coefficient (Wildman–Crippen LogP) is 2.28. The molecule has 0 saturated carbocycles. The van der Waals surface area contributed by atoms with Crippen LogP contribution in [0.2, 0.25) is 0 Å². The number of nitrogens with one attached hydrogen (secondary N) is 1. The van der Waals surface area contributed by atoms with Gasteiger partial charge in [-0.3, -0.25) is 4.98 Å². The Morgan fingerprint density at radius 3 is 3.00 bits per heavy atom. The van der Waals surface area contributed by atoms with E-state index in [4.69, 9.17) is 0 Å². The number of aromatic nitrogens is 2. The van der Waals surface area contributed by atoms with E-state index in [-0.39, 0.29) is 0 Å². The largest absolute Gasteiger partial charge is 0.330 e. The fraction of sp³-hybridized carbons (Fsp3) is 0. The van der Waals surface area contributed by atoms with Crippen LogP contribution in [0.15, 0.2) is 36.1 Å². The van der Waals surface area contributed by atoms with Crippen LogP contribution in [0.3, 0.4) is 0 Å². The van der Waals surface area contributed by atoms with Crippen molar-refractivity contribution in [3.63, 3.8) is 0 Å². The maximum absolute atomic E-state index is 4.09. The van der Waals surface area contributed by atoms with Crippen molar-refractivity contribution in [3.8, 4) is 0 Å². The van der Waals surface area contributed by atoms with Gasteiger partial charge in [0.15, 0.2) is 5.13 Å². The van der Waals surface area contributed by atoms with Gasteiger partial charge in [0.1, 0.15) is 0 Å². The maximum atomic E-state index is 4.09. The van der Waals surface area contributed by atoms with Gasteiger partial charge in [0, 0.05) is 17.8 Å². The predicted molar refractivity (Wildman–Crippen MR) is 49.6 cm³/mol. The number of hydrogen-bond acceptors (Lipinski definition) is 4. The van der Waals surface area contributed by atoms with Gasteiger partial charge in [-0.05, 0) is 12.1 Å². The molecular weight excluding hydrogens is 170 g/mol. The number of pyridine rings is 1. The first-order valence-electron chi connectivity index (χ1n) is 3.52. The van der Waals surface area contributed by atoms with Crippen molar-refractivity contribution in [2.24, 2.45) is 0 Å². The molecular formula is C8H7N3S. The summed E-state index contributed by atoms with van der Waals surface area (Å²) in [5.41, 5.74) is 0.965. The summed E-state index contributed by atoms with van der Waals surface area (Å²) in [6.45, 7) is 0. The molecule has 1 N–H and O–H groups in total. The number of thiazole rings is 1.